The number of benzene rings is 5. The topological polar surface area (TPSA) is 58.2 Å². The second kappa shape index (κ2) is 19.7. The highest BCUT2D eigenvalue weighted by Gasteiger charge is 2.47. The van der Waals surface area contributed by atoms with Crippen LogP contribution in [0.25, 0.3) is 0 Å². The summed E-state index contributed by atoms with van der Waals surface area (Å²) in [5, 5.41) is 3.52. The Balaban J connectivity index is 1.26. The number of rotatable bonds is 18. The summed E-state index contributed by atoms with van der Waals surface area (Å²) in [7, 11) is 0. The fraction of sp³-hybridized carbons (Fsp3) is 0.273. The molecular weight excluding hydrogens is 622 g/mol. The van der Waals surface area contributed by atoms with Crippen molar-refractivity contribution in [2.24, 2.45) is 0 Å². The van der Waals surface area contributed by atoms with Crippen molar-refractivity contribution in [1.29, 1.82) is 0 Å². The molecule has 0 amide bonds. The summed E-state index contributed by atoms with van der Waals surface area (Å²) in [4.78, 5) is 0. The van der Waals surface area contributed by atoms with E-state index in [9.17, 15) is 0 Å². The second-order valence-electron chi connectivity index (χ2n) is 12.5. The highest BCUT2D eigenvalue weighted by molar-refractivity contribution is 5.18. The molecule has 258 valence electrons. The molecule has 0 radical (unpaired) electrons. The van der Waals surface area contributed by atoms with Gasteiger partial charge in [-0.25, -0.2) is 0 Å². The zero-order valence-electron chi connectivity index (χ0n) is 28.5. The lowest BCUT2D eigenvalue weighted by Gasteiger charge is -2.45. The predicted molar refractivity (Wildman–Crippen MR) is 197 cm³/mol. The van der Waals surface area contributed by atoms with E-state index in [-0.39, 0.29) is 0 Å². The van der Waals surface area contributed by atoms with Gasteiger partial charge in [0.15, 0.2) is 0 Å². The molecule has 1 fully saturated rings. The summed E-state index contributed by atoms with van der Waals surface area (Å²) in [6, 6.07) is 51.3. The van der Waals surface area contributed by atoms with Gasteiger partial charge < -0.3 is 29.0 Å². The Morgan fingerprint density at radius 1 is 0.480 bits per heavy atom. The Morgan fingerprint density at radius 3 is 1.40 bits per heavy atom. The number of ether oxygens (including phenoxy) is 5. The van der Waals surface area contributed by atoms with E-state index in [1.54, 1.807) is 0 Å². The van der Waals surface area contributed by atoms with Gasteiger partial charge in [0.25, 0.3) is 0 Å². The zero-order chi connectivity index (χ0) is 34.1. The highest BCUT2D eigenvalue weighted by atomic mass is 16.6. The third-order valence-electron chi connectivity index (χ3n) is 8.68. The van der Waals surface area contributed by atoms with Crippen LogP contribution in [0.4, 0.5) is 0 Å². The van der Waals surface area contributed by atoms with Gasteiger partial charge in [-0.05, 0) is 27.8 Å². The molecule has 0 spiro atoms. The molecule has 50 heavy (non-hydrogen) atoms. The van der Waals surface area contributed by atoms with Crippen LogP contribution in [0.1, 0.15) is 27.8 Å². The van der Waals surface area contributed by atoms with Crippen LogP contribution in [-0.2, 0) is 56.7 Å². The van der Waals surface area contributed by atoms with E-state index >= 15 is 0 Å². The molecule has 0 unspecified atom stereocenters. The lowest BCUT2D eigenvalue weighted by Crippen LogP contribution is -2.60. The highest BCUT2D eigenvalue weighted by Crippen LogP contribution is 2.31. The number of hydrogen-bond donors (Lipinski definition) is 1. The molecule has 5 aromatic carbocycles. The minimum Gasteiger partial charge on any atom is -0.374 e. The quantitative estimate of drug-likeness (QED) is 0.0753. The maximum atomic E-state index is 6.90. The van der Waals surface area contributed by atoms with E-state index in [0.29, 0.717) is 39.6 Å². The van der Waals surface area contributed by atoms with Crippen molar-refractivity contribution >= 4 is 0 Å². The van der Waals surface area contributed by atoms with Crippen LogP contribution in [-0.4, -0.2) is 43.7 Å². The Labute approximate surface area is 296 Å². The van der Waals surface area contributed by atoms with Crippen LogP contribution in [0.3, 0.4) is 0 Å². The van der Waals surface area contributed by atoms with E-state index in [1.165, 1.54) is 5.56 Å². The smallest absolute Gasteiger partial charge is 0.116 e. The normalized spacial score (nSPS) is 20.6. The minimum atomic E-state index is -0.462. The van der Waals surface area contributed by atoms with Crippen molar-refractivity contribution in [2.45, 2.75) is 63.5 Å². The Bertz CT molecular complexity index is 1650. The summed E-state index contributed by atoms with van der Waals surface area (Å²) in [6.45, 7) is 3.50. The van der Waals surface area contributed by atoms with Crippen LogP contribution >= 0.6 is 0 Å². The van der Waals surface area contributed by atoms with E-state index < -0.39 is 30.5 Å². The van der Waals surface area contributed by atoms with Crippen molar-refractivity contribution in [3.05, 3.63) is 192 Å². The summed E-state index contributed by atoms with van der Waals surface area (Å²) in [6.07, 6.45) is 2.05. The van der Waals surface area contributed by atoms with Crippen molar-refractivity contribution in [3.8, 4) is 0 Å². The molecule has 5 aromatic rings. The average Bonchev–Trinajstić information content (AvgIpc) is 3.18. The molecule has 1 aliphatic heterocycles. The fourth-order valence-electron chi connectivity index (χ4n) is 6.08. The first-order valence-electron chi connectivity index (χ1n) is 17.5. The maximum absolute atomic E-state index is 6.90. The fourth-order valence-corrected chi connectivity index (χ4v) is 6.08. The molecule has 1 aliphatic rings. The maximum Gasteiger partial charge on any atom is 0.116 e. The molecule has 5 atom stereocenters. The number of nitrogens with one attached hydrogen (secondary N) is 1. The van der Waals surface area contributed by atoms with E-state index in [1.807, 2.05) is 78.9 Å². The predicted octanol–water partition coefficient (Wildman–Crippen LogP) is 8.07. The van der Waals surface area contributed by atoms with E-state index in [2.05, 4.69) is 90.3 Å². The van der Waals surface area contributed by atoms with Gasteiger partial charge in [-0.15, -0.1) is 0 Å². The first-order valence-corrected chi connectivity index (χ1v) is 17.5. The molecule has 6 heteroatoms. The molecule has 0 bridgehead atoms. The van der Waals surface area contributed by atoms with Gasteiger partial charge in [-0.3, -0.25) is 0 Å². The van der Waals surface area contributed by atoms with Gasteiger partial charge in [0, 0.05) is 13.1 Å². The van der Waals surface area contributed by atoms with Crippen LogP contribution < -0.4 is 5.32 Å². The molecule has 0 aromatic heterocycles. The first-order chi connectivity index (χ1) is 24.8. The standard InChI is InChI=1S/C44H47NO5/c1-6-17-35(18-7-1)29-45-28-16-27-40-42(47-31-37-21-10-3-11-22-37)44(49-33-39-25-14-5-15-26-39)43(48-32-38-23-12-4-13-24-38)41(50-40)34-46-30-36-19-8-2-9-20-36/h1-27,40-45H,28-34H2/b27-16+/t40-,41+,42-,43+,44+/m0/s1. The van der Waals surface area contributed by atoms with E-state index in [0.717, 1.165) is 28.8 Å². The molecule has 1 N–H and O–H groups in total. The average molecular weight is 670 g/mol. The molecule has 0 saturated carbocycles. The lowest BCUT2D eigenvalue weighted by molar-refractivity contribution is -0.263. The SMILES string of the molecule is C(=C\[C@@H]1O[C@H](COCc2ccccc2)[C@@H](OCc2ccccc2)[C@H](OCc2ccccc2)[C@H]1OCc1ccccc1)/CNCc1ccccc1. The third-order valence-corrected chi connectivity index (χ3v) is 8.68. The zero-order valence-corrected chi connectivity index (χ0v) is 28.5. The molecule has 1 heterocycles. The lowest BCUT2D eigenvalue weighted by atomic mass is 9.93. The molecule has 0 aliphatic carbocycles. The first kappa shape index (κ1) is 35.4. The van der Waals surface area contributed by atoms with Crippen molar-refractivity contribution < 1.29 is 23.7 Å². The monoisotopic (exact) mass is 669 g/mol. The van der Waals surface area contributed by atoms with Crippen molar-refractivity contribution in [2.75, 3.05) is 13.2 Å². The van der Waals surface area contributed by atoms with Crippen LogP contribution in [0.2, 0.25) is 0 Å². The van der Waals surface area contributed by atoms with Gasteiger partial charge in [-0.2, -0.15) is 0 Å². The molecule has 6 nitrogen and oxygen atoms in total. The van der Waals surface area contributed by atoms with Crippen LogP contribution in [0, 0.1) is 0 Å². The summed E-state index contributed by atoms with van der Waals surface area (Å²) in [5.41, 5.74) is 5.58. The minimum absolute atomic E-state index is 0.335. The van der Waals surface area contributed by atoms with Gasteiger partial charge >= 0.3 is 0 Å². The molecular formula is C44H47NO5. The van der Waals surface area contributed by atoms with Crippen LogP contribution in [0.5, 0.6) is 0 Å². The summed E-state index contributed by atoms with van der Waals surface area (Å²) in [5.74, 6) is 0. The Kier molecular flexibility index (Phi) is 14.0. The number of hydrogen-bond acceptors (Lipinski definition) is 6. The Morgan fingerprint density at radius 2 is 0.900 bits per heavy atom. The Hall–Kier alpha value is -4.40. The second-order valence-corrected chi connectivity index (χ2v) is 12.5. The van der Waals surface area contributed by atoms with Crippen molar-refractivity contribution in [3.63, 3.8) is 0 Å². The van der Waals surface area contributed by atoms with Gasteiger partial charge in [0.05, 0.1) is 33.0 Å². The van der Waals surface area contributed by atoms with E-state index in [4.69, 9.17) is 23.7 Å². The van der Waals surface area contributed by atoms with Crippen LogP contribution in [0.15, 0.2) is 164 Å². The third kappa shape index (κ3) is 11.1. The summed E-state index contributed by atoms with van der Waals surface area (Å²) < 4.78 is 33.6. The van der Waals surface area contributed by atoms with Crippen molar-refractivity contribution in [1.82, 2.24) is 5.32 Å². The molecule has 6 rings (SSSR count). The summed E-state index contributed by atoms with van der Waals surface area (Å²) >= 11 is 0. The largest absolute Gasteiger partial charge is 0.374 e. The molecule has 1 saturated heterocycles. The van der Waals surface area contributed by atoms with Gasteiger partial charge in [0.2, 0.25) is 0 Å². The van der Waals surface area contributed by atoms with Gasteiger partial charge in [-0.1, -0.05) is 164 Å². The van der Waals surface area contributed by atoms with Gasteiger partial charge in [0.1, 0.15) is 30.5 Å².